The van der Waals surface area contributed by atoms with Gasteiger partial charge in [-0.1, -0.05) is 18.1 Å². The van der Waals surface area contributed by atoms with Crippen molar-refractivity contribution in [3.8, 4) is 12.3 Å². The van der Waals surface area contributed by atoms with Crippen LogP contribution in [0.25, 0.3) is 0 Å². The van der Waals surface area contributed by atoms with Crippen LogP contribution in [0.15, 0.2) is 11.0 Å². The zero-order chi connectivity index (χ0) is 24.2. The number of halogens is 1. The number of aromatic amines is 1. The maximum Gasteiger partial charge on any atom is 0.480 e. The van der Waals surface area contributed by atoms with E-state index < -0.39 is 50.4 Å². The molecule has 0 bridgehead atoms. The Labute approximate surface area is 181 Å². The largest absolute Gasteiger partial charge is 0.480 e. The number of ether oxygens (including phenoxy) is 1. The zero-order valence-corrected chi connectivity index (χ0v) is 18.7. The fourth-order valence-electron chi connectivity index (χ4n) is 2.99. The quantitative estimate of drug-likeness (QED) is 0.0957. The maximum atomic E-state index is 15.8. The van der Waals surface area contributed by atoms with E-state index in [2.05, 4.69) is 19.7 Å². The van der Waals surface area contributed by atoms with Gasteiger partial charge in [0.15, 0.2) is 7.85 Å². The summed E-state index contributed by atoms with van der Waals surface area (Å²) >= 11 is 4.87. The highest BCUT2D eigenvalue weighted by molar-refractivity contribution is 7.71. The van der Waals surface area contributed by atoms with Crippen LogP contribution in [0.2, 0.25) is 0 Å². The van der Waals surface area contributed by atoms with Crippen LogP contribution in [0.4, 0.5) is 4.39 Å². The number of aliphatic hydroxyl groups is 2. The van der Waals surface area contributed by atoms with E-state index in [1.807, 2.05) is 0 Å². The van der Waals surface area contributed by atoms with Gasteiger partial charge >= 0.3 is 21.3 Å². The Kier molecular flexibility index (Phi) is 6.80. The molecule has 13 nitrogen and oxygen atoms in total. The fourth-order valence-corrected chi connectivity index (χ4v) is 5.10. The number of hydrogen-bond acceptors (Lipinski definition) is 9. The molecule has 5 atom stereocenters. The molecule has 0 aliphatic carbocycles. The van der Waals surface area contributed by atoms with Gasteiger partial charge in [0.2, 0.25) is 0 Å². The Balaban J connectivity index is 2.55. The molecule has 0 aromatic carbocycles. The lowest BCUT2D eigenvalue weighted by Crippen LogP contribution is -2.60. The maximum absolute atomic E-state index is 15.8. The highest BCUT2D eigenvalue weighted by Gasteiger charge is 2.69. The van der Waals surface area contributed by atoms with Crippen molar-refractivity contribution >= 4 is 51.4 Å². The molecule has 1 aliphatic rings. The normalized spacial score (nSPS) is 31.1. The molecule has 1 unspecified atom stereocenters. The molecule has 168 valence electrons. The van der Waals surface area contributed by atoms with E-state index in [-0.39, 0.29) is 10.2 Å². The molecule has 20 heteroatoms. The molecule has 1 aromatic heterocycles. The monoisotopic (exact) mass is 498 g/mol. The van der Waals surface area contributed by atoms with Crippen LogP contribution in [0.5, 0.6) is 0 Å². The second kappa shape index (κ2) is 8.05. The van der Waals surface area contributed by atoms with Gasteiger partial charge in [0, 0.05) is 6.20 Å². The Hall–Kier alpha value is -1.08. The van der Waals surface area contributed by atoms with Gasteiger partial charge in [-0.2, -0.15) is 4.31 Å². The second-order valence-corrected chi connectivity index (χ2v) is 10.3. The van der Waals surface area contributed by atoms with Crippen molar-refractivity contribution < 1.29 is 52.0 Å². The fraction of sp³-hybridized carbons (Fsp3) is 0.455. The highest BCUT2D eigenvalue weighted by Crippen LogP contribution is 2.61. The third-order valence-electron chi connectivity index (χ3n) is 4.53. The van der Waals surface area contributed by atoms with Crippen LogP contribution in [-0.2, 0) is 28.3 Å². The van der Waals surface area contributed by atoms with Crippen molar-refractivity contribution in [2.75, 3.05) is 0 Å². The van der Waals surface area contributed by atoms with E-state index in [1.54, 1.807) is 0 Å². The number of alkyl halides is 1. The molecule has 2 heterocycles. The smallest absolute Gasteiger partial charge is 0.386 e. The molecule has 0 spiro atoms. The summed E-state index contributed by atoms with van der Waals surface area (Å²) in [7, 11) is -8.60. The summed E-state index contributed by atoms with van der Waals surface area (Å²) in [4.78, 5) is 41.5. The zero-order valence-electron chi connectivity index (χ0n) is 16.1. The van der Waals surface area contributed by atoms with Crippen LogP contribution in [0.1, 0.15) is 5.56 Å². The van der Waals surface area contributed by atoms with Crippen molar-refractivity contribution in [2.45, 2.75) is 29.1 Å². The molecule has 1 aliphatic heterocycles. The summed E-state index contributed by atoms with van der Waals surface area (Å²) in [6, 6.07) is 0. The van der Waals surface area contributed by atoms with Crippen molar-refractivity contribution in [3.05, 3.63) is 26.9 Å². The van der Waals surface area contributed by atoms with Crippen LogP contribution in [-0.4, -0.2) is 81.4 Å². The minimum absolute atomic E-state index is 0.0390. The second-order valence-electron chi connectivity index (χ2n) is 7.15. The average Bonchev–Trinajstić information content (AvgIpc) is 2.74. The predicted octanol–water partition coefficient (Wildman–Crippen LogP) is -4.31. The molecule has 0 saturated carbocycles. The minimum Gasteiger partial charge on any atom is -0.386 e. The van der Waals surface area contributed by atoms with E-state index >= 15 is 4.39 Å². The summed E-state index contributed by atoms with van der Waals surface area (Å²) < 4.78 is 52.4. The van der Waals surface area contributed by atoms with Crippen LogP contribution in [0, 0.1) is 17.0 Å². The molecule has 2 rings (SSSR count). The minimum atomic E-state index is -5.61. The third-order valence-corrected chi connectivity index (χ3v) is 7.22. The first-order valence-corrected chi connectivity index (χ1v) is 11.6. The first kappa shape index (κ1) is 26.2. The number of aliphatic hydroxyl groups excluding tert-OH is 2. The van der Waals surface area contributed by atoms with Gasteiger partial charge in [0.25, 0.3) is 5.85 Å². The number of hydrogen-bond donors (Lipinski definition) is 6. The van der Waals surface area contributed by atoms with Crippen LogP contribution < -0.4 is 5.69 Å². The SMILES string of the molecule is BC(B)(OP(=O)(O)OP(=O)(O)O)[C@@]1(F)O[C@@](B)(n2cc(C#C)c(=S)[nH]c2=O)[C@H](O)[C@@H]1O. The molecular formula is C11H16B3FN2O11P2S. The Bertz CT molecular complexity index is 1150. The lowest BCUT2D eigenvalue weighted by Gasteiger charge is -2.40. The Morgan fingerprint density at radius 1 is 1.35 bits per heavy atom. The van der Waals surface area contributed by atoms with Gasteiger partial charge in [-0.05, 0) is 0 Å². The Morgan fingerprint density at radius 2 is 1.90 bits per heavy atom. The Morgan fingerprint density at radius 3 is 2.39 bits per heavy atom. The summed E-state index contributed by atoms with van der Waals surface area (Å²) in [5, 5.41) is 18.2. The predicted molar refractivity (Wildman–Crippen MR) is 111 cm³/mol. The highest BCUT2D eigenvalue weighted by atomic mass is 32.1. The molecule has 0 amide bonds. The van der Waals surface area contributed by atoms with Crippen molar-refractivity contribution in [2.24, 2.45) is 0 Å². The molecule has 1 fully saturated rings. The van der Waals surface area contributed by atoms with Crippen molar-refractivity contribution in [1.82, 2.24) is 9.55 Å². The summed E-state index contributed by atoms with van der Waals surface area (Å²) in [5.74, 6) is -1.35. The number of nitrogens with zero attached hydrogens (tertiary/aromatic N) is 1. The molecule has 6 N–H and O–H groups in total. The third kappa shape index (κ3) is 4.82. The average molecular weight is 498 g/mol. The van der Waals surface area contributed by atoms with E-state index in [0.29, 0.717) is 4.57 Å². The molecule has 1 aromatic rings. The lowest BCUT2D eigenvalue weighted by molar-refractivity contribution is -0.239. The molecular weight excluding hydrogens is 482 g/mol. The molecule has 31 heavy (non-hydrogen) atoms. The number of terminal acetylenes is 1. The van der Waals surface area contributed by atoms with Gasteiger partial charge < -0.3 is 29.6 Å². The van der Waals surface area contributed by atoms with Crippen molar-refractivity contribution in [1.29, 1.82) is 0 Å². The molecule has 0 radical (unpaired) electrons. The van der Waals surface area contributed by atoms with E-state index in [0.717, 1.165) is 29.7 Å². The van der Waals surface area contributed by atoms with Crippen molar-refractivity contribution in [3.63, 3.8) is 0 Å². The van der Waals surface area contributed by atoms with E-state index in [1.165, 1.54) is 0 Å². The number of H-pyrrole nitrogens is 1. The van der Waals surface area contributed by atoms with Gasteiger partial charge in [0.1, 0.15) is 38.2 Å². The number of aromatic nitrogens is 2. The van der Waals surface area contributed by atoms with Gasteiger partial charge in [-0.3, -0.25) is 14.1 Å². The number of nitrogens with one attached hydrogen (secondary N) is 1. The first-order chi connectivity index (χ1) is 13.8. The van der Waals surface area contributed by atoms with E-state index in [4.69, 9.17) is 33.2 Å². The van der Waals surface area contributed by atoms with Gasteiger partial charge in [0.05, 0.1) is 11.0 Å². The standard InChI is InChI=1S/C11H16B3FN2O11P2S/c1-2-4-3-17(8(20)16-7(4)31)10(12)6(19)5(18)9(15,26-10)11(13,14)27-30(24,25)28-29(21,22)23/h1,3,5-6,18-19H,12-14H2,(H,24,25)(H,16,20,31)(H2,21,22,23)/t5-,6+,9-,10-/m0/s1. The van der Waals surface area contributed by atoms with Gasteiger partial charge in [-0.15, -0.1) is 6.42 Å². The van der Waals surface area contributed by atoms with Crippen LogP contribution in [0.3, 0.4) is 0 Å². The number of phosphoric ester groups is 1. The number of phosphoric acid groups is 2. The summed E-state index contributed by atoms with van der Waals surface area (Å²) in [6.07, 6.45) is 1.58. The first-order valence-electron chi connectivity index (χ1n) is 8.18. The topological polar surface area (TPSA) is 201 Å². The van der Waals surface area contributed by atoms with Gasteiger partial charge in [-0.25, -0.2) is 18.3 Å². The molecule has 1 saturated heterocycles. The summed E-state index contributed by atoms with van der Waals surface area (Å²) in [6.45, 7) is 0. The lowest BCUT2D eigenvalue weighted by atomic mass is 9.59. The number of rotatable bonds is 6. The van der Waals surface area contributed by atoms with Crippen LogP contribution >= 0.6 is 27.9 Å². The summed E-state index contributed by atoms with van der Waals surface area (Å²) in [5.41, 5.74) is -3.39. The van der Waals surface area contributed by atoms with E-state index in [9.17, 15) is 29.0 Å².